The zero-order valence-corrected chi connectivity index (χ0v) is 65.3. The molecule has 5 N–H and O–H groups in total. The van der Waals surface area contributed by atoms with Gasteiger partial charge in [0.1, 0.15) is 49.1 Å². The van der Waals surface area contributed by atoms with E-state index in [1.807, 2.05) is 132 Å². The van der Waals surface area contributed by atoms with Crippen LogP contribution in [0.15, 0.2) is 115 Å². The van der Waals surface area contributed by atoms with E-state index in [2.05, 4.69) is 83.9 Å². The molecule has 9 rings (SSSR count). The van der Waals surface area contributed by atoms with Gasteiger partial charge in [0.05, 0.1) is 47.0 Å². The lowest BCUT2D eigenvalue weighted by Gasteiger charge is -2.41. The van der Waals surface area contributed by atoms with E-state index in [0.29, 0.717) is 71.4 Å². The van der Waals surface area contributed by atoms with Crippen molar-refractivity contribution in [2.24, 2.45) is 0 Å². The van der Waals surface area contributed by atoms with E-state index in [0.717, 1.165) is 60.5 Å². The molecule has 0 spiro atoms. The van der Waals surface area contributed by atoms with Crippen molar-refractivity contribution in [3.8, 4) is 0 Å². The summed E-state index contributed by atoms with van der Waals surface area (Å²) in [6.45, 7) is 32.4. The molecule has 0 radical (unpaired) electrons. The highest BCUT2D eigenvalue weighted by Gasteiger charge is 2.48. The zero-order chi connectivity index (χ0) is 71.1. The Morgan fingerprint density at radius 3 is 1.37 bits per heavy atom. The Morgan fingerprint density at radius 1 is 0.531 bits per heavy atom. The number of hydrogen-bond acceptors (Lipinski definition) is 15. The molecule has 2 fully saturated rings. The molecule has 0 bridgehead atoms. The van der Waals surface area contributed by atoms with Crippen LogP contribution in [0.2, 0.25) is 103 Å². The first kappa shape index (κ1) is 76.2. The molecule has 98 heavy (non-hydrogen) atoms. The average Bonchev–Trinajstić information content (AvgIpc) is 1.61. The van der Waals surface area contributed by atoms with Gasteiger partial charge >= 0.3 is 12.2 Å². The number of amides is 4. The normalized spacial score (nSPS) is 18.0. The van der Waals surface area contributed by atoms with Crippen molar-refractivity contribution in [1.29, 1.82) is 0 Å². The van der Waals surface area contributed by atoms with Gasteiger partial charge in [-0.2, -0.15) is 0 Å². The standard InChI is InChI=1S/C71H104N8O13S2Si4/c1-51-40-54(28-30-56(51)64-44-66(80)78(93(64,84)85)49-90-34-38-97(9,10)11)42-60(68-72-58-24-18-20-26-61(58)76(68)47-88-32-36-95(3,4)5)74-70(82)92-71(83)75(46-53-22-16-15-17-23-53)63(69-73-59-25-19-21-27-62(59)77(69)48-89-33-37-96(6,7)8)43-55-29-31-57(52(2)41-55)65-45-67(81)79(94(65,86)87)50-91-35-39-98(12,13)14/h15-31,40-41,60,63-65,84-87H,32-39,42-50H2,1-14H3,(H,74,82)/t60-,63-,64+,65-/m0/s1. The Hall–Kier alpha value is -6.03. The number of hydrogen-bond donors (Lipinski definition) is 5. The molecule has 2 saturated heterocycles. The summed E-state index contributed by atoms with van der Waals surface area (Å²) in [5.74, 6) is 0.0952. The van der Waals surface area contributed by atoms with Crippen molar-refractivity contribution in [2.75, 3.05) is 39.9 Å². The number of para-hydroxylation sites is 4. The number of ether oxygens (including phenoxy) is 5. The highest BCUT2D eigenvalue weighted by molar-refractivity contribution is 8.23. The van der Waals surface area contributed by atoms with Crippen LogP contribution in [0.3, 0.4) is 0 Å². The van der Waals surface area contributed by atoms with Crippen molar-refractivity contribution >= 4 is 99.9 Å². The first-order valence-electron chi connectivity index (χ1n) is 33.9. The minimum atomic E-state index is -3.65. The summed E-state index contributed by atoms with van der Waals surface area (Å²) in [5, 5.41) is 1.26. The molecule has 5 aromatic carbocycles. The number of carbonyl (C=O) groups is 4. The molecule has 2 aliphatic rings. The summed E-state index contributed by atoms with van der Waals surface area (Å²) < 4.78 is 84.0. The van der Waals surface area contributed by atoms with Crippen molar-refractivity contribution < 1.29 is 61.1 Å². The first-order valence-corrected chi connectivity index (χ1v) is 51.9. The maximum atomic E-state index is 15.8. The van der Waals surface area contributed by atoms with Crippen LogP contribution in [-0.2, 0) is 66.1 Å². The van der Waals surface area contributed by atoms with Crippen LogP contribution in [0.4, 0.5) is 9.59 Å². The van der Waals surface area contributed by atoms with Gasteiger partial charge in [-0.1, -0.05) is 170 Å². The van der Waals surface area contributed by atoms with Gasteiger partial charge in [-0.05, 0) is 101 Å². The Morgan fingerprint density at radius 2 is 0.929 bits per heavy atom. The zero-order valence-electron chi connectivity index (χ0n) is 59.7. The number of aryl methyl sites for hydroxylation is 2. The minimum absolute atomic E-state index is 0.0322. The molecule has 0 aliphatic carbocycles. The van der Waals surface area contributed by atoms with Crippen molar-refractivity contribution in [2.45, 2.75) is 185 Å². The van der Waals surface area contributed by atoms with Crippen molar-refractivity contribution in [1.82, 2.24) is 37.9 Å². The molecule has 534 valence electrons. The summed E-state index contributed by atoms with van der Waals surface area (Å²) in [6.07, 6.45) is -2.00. The lowest BCUT2D eigenvalue weighted by atomic mass is 9.96. The summed E-state index contributed by atoms with van der Waals surface area (Å²) in [7, 11) is -13.2. The maximum Gasteiger partial charge on any atom is 0.419 e. The van der Waals surface area contributed by atoms with Gasteiger partial charge in [0.15, 0.2) is 0 Å². The predicted octanol–water partition coefficient (Wildman–Crippen LogP) is 16.7. The number of fused-ring (bicyclic) bond motifs is 2. The van der Waals surface area contributed by atoms with Gasteiger partial charge in [-0.3, -0.25) is 32.7 Å². The molecule has 27 heteroatoms. The van der Waals surface area contributed by atoms with Gasteiger partial charge in [0.25, 0.3) is 0 Å². The van der Waals surface area contributed by atoms with E-state index in [4.69, 9.17) is 33.7 Å². The Balaban J connectivity index is 1.07. The van der Waals surface area contributed by atoms with E-state index in [1.54, 1.807) is 6.07 Å². The SMILES string of the molecule is Cc1cc(C[C@H](NC(=O)OC(=O)N(Cc2ccccc2)[C@@H](Cc2ccc([C@@H]3CC(=O)N(COCC[Si](C)(C)C)S3(O)O)c(C)c2)c2nc3ccccc3n2COCC[Si](C)(C)C)c2nc3ccccc3n2COCC[Si](C)(C)C)ccc1[C@H]1CC(=O)N(COCC[Si](C)(C)C)S1(O)O. The monoisotopic (exact) mass is 1450 g/mol. The fourth-order valence-corrected chi connectivity index (χ4v) is 19.0. The van der Waals surface area contributed by atoms with Gasteiger partial charge in [0, 0.05) is 78.1 Å². The van der Waals surface area contributed by atoms with Gasteiger partial charge in [-0.25, -0.2) is 28.2 Å². The highest BCUT2D eigenvalue weighted by atomic mass is 32.3. The molecule has 2 aromatic heterocycles. The smallest absolute Gasteiger partial charge is 0.361 e. The van der Waals surface area contributed by atoms with E-state index < -0.39 is 100 Å². The molecule has 0 saturated carbocycles. The van der Waals surface area contributed by atoms with Crippen LogP contribution in [0, 0.1) is 13.8 Å². The summed E-state index contributed by atoms with van der Waals surface area (Å²) in [4.78, 5) is 70.0. The fourth-order valence-electron chi connectivity index (χ4n) is 12.2. The number of nitrogens with zero attached hydrogens (tertiary/aromatic N) is 7. The molecule has 21 nitrogen and oxygen atoms in total. The topological polar surface area (TPSA) is 253 Å². The van der Waals surface area contributed by atoms with Gasteiger partial charge in [0.2, 0.25) is 11.8 Å². The van der Waals surface area contributed by atoms with Gasteiger partial charge < -0.3 is 38.1 Å². The van der Waals surface area contributed by atoms with Gasteiger partial charge in [-0.15, -0.1) is 21.6 Å². The lowest BCUT2D eigenvalue weighted by molar-refractivity contribution is -0.129. The third-order valence-corrected chi connectivity index (χ3v) is 29.1. The quantitative estimate of drug-likeness (QED) is 0.0149. The molecule has 4 atom stereocenters. The second-order valence-corrected chi connectivity index (χ2v) is 57.7. The predicted molar refractivity (Wildman–Crippen MR) is 402 cm³/mol. The third kappa shape index (κ3) is 19.7. The Labute approximate surface area is 585 Å². The number of carbonyl (C=O) groups excluding carboxylic acids is 4. The van der Waals surface area contributed by atoms with E-state index in [-0.39, 0.29) is 59.2 Å². The van der Waals surface area contributed by atoms with Crippen LogP contribution in [-0.4, -0.2) is 147 Å². The van der Waals surface area contributed by atoms with E-state index in [1.165, 1.54) is 4.90 Å². The molecular formula is C71H104N8O13S2Si4. The highest BCUT2D eigenvalue weighted by Crippen LogP contribution is 2.64. The largest absolute Gasteiger partial charge is 0.419 e. The van der Waals surface area contributed by atoms with Crippen molar-refractivity contribution in [3.05, 3.63) is 166 Å². The summed E-state index contributed by atoms with van der Waals surface area (Å²) in [6, 6.07) is 37.6. The molecule has 7 aromatic rings. The first-order chi connectivity index (χ1) is 46.1. The molecule has 0 unspecified atom stereocenters. The van der Waals surface area contributed by atoms with E-state index >= 15 is 9.59 Å². The number of nitrogens with one attached hydrogen (secondary N) is 1. The Bertz CT molecular complexity index is 3930. The number of aromatic nitrogens is 4. The molecule has 4 amide bonds. The summed E-state index contributed by atoms with van der Waals surface area (Å²) >= 11 is 0. The number of rotatable bonds is 32. The number of alkyl carbamates (subject to hydrolysis) is 1. The average molecular weight is 1450 g/mol. The minimum Gasteiger partial charge on any atom is -0.361 e. The van der Waals surface area contributed by atoms with Crippen LogP contribution in [0.5, 0.6) is 0 Å². The van der Waals surface area contributed by atoms with Crippen molar-refractivity contribution in [3.63, 3.8) is 0 Å². The second kappa shape index (κ2) is 31.9. The van der Waals surface area contributed by atoms with Crippen LogP contribution < -0.4 is 5.32 Å². The third-order valence-electron chi connectivity index (χ3n) is 18.0. The molecular weight excluding hydrogens is 1350 g/mol. The fraction of sp³-hybridized carbons (Fsp3) is 0.493. The van der Waals surface area contributed by atoms with Crippen LogP contribution >= 0.6 is 21.6 Å². The molecule has 2 aliphatic heterocycles. The van der Waals surface area contributed by atoms with Crippen LogP contribution in [0.25, 0.3) is 22.1 Å². The summed E-state index contributed by atoms with van der Waals surface area (Å²) in [5.41, 5.74) is 7.66. The lowest BCUT2D eigenvalue weighted by Crippen LogP contribution is -2.41. The molecule has 4 heterocycles. The number of benzene rings is 5. The Kier molecular flexibility index (Phi) is 24.8. The van der Waals surface area contributed by atoms with E-state index in [9.17, 15) is 27.8 Å². The maximum absolute atomic E-state index is 15.8. The number of imidazole rings is 2. The van der Waals surface area contributed by atoms with Crippen LogP contribution in [0.1, 0.15) is 86.0 Å². The second-order valence-electron chi connectivity index (χ2n) is 31.0.